The van der Waals surface area contributed by atoms with Gasteiger partial charge in [0.25, 0.3) is 0 Å². The van der Waals surface area contributed by atoms with Crippen molar-refractivity contribution in [2.75, 3.05) is 61.2 Å². The van der Waals surface area contributed by atoms with E-state index < -0.39 is 0 Å². The van der Waals surface area contributed by atoms with Crippen LogP contribution in [0.4, 0.5) is 0 Å². The maximum atomic E-state index is 5.69. The molecule has 0 amide bonds. The van der Waals surface area contributed by atoms with Crippen LogP contribution >= 0.6 is 0 Å². The van der Waals surface area contributed by atoms with Gasteiger partial charge in [0.05, 0.1) is 0 Å². The Labute approximate surface area is 162 Å². The third kappa shape index (κ3) is 4.65. The van der Waals surface area contributed by atoms with Gasteiger partial charge in [0.2, 0.25) is 0 Å². The number of nitrogens with zero attached hydrogens (tertiary/aromatic N) is 3. The Balaban J connectivity index is 1.61. The van der Waals surface area contributed by atoms with Gasteiger partial charge in [-0.2, -0.15) is 0 Å². The number of guanidine groups is 1. The summed E-state index contributed by atoms with van der Waals surface area (Å²) in [5, 5.41) is 3.57. The first kappa shape index (κ1) is 19.8. The Bertz CT molecular complexity index is 657. The molecule has 0 radical (unpaired) electrons. The van der Waals surface area contributed by atoms with Crippen LogP contribution in [0.3, 0.4) is 0 Å². The third-order valence-electron chi connectivity index (χ3n) is 5.55. The lowest BCUT2D eigenvalue weighted by molar-refractivity contribution is -0.00522. The number of aliphatic imine (C=N–C) groups is 1. The van der Waals surface area contributed by atoms with E-state index in [0.717, 1.165) is 62.2 Å². The normalized spacial score (nSPS) is 19.1. The summed E-state index contributed by atoms with van der Waals surface area (Å²) in [6.45, 7) is 4.43. The van der Waals surface area contributed by atoms with Gasteiger partial charge in [0, 0.05) is 45.9 Å². The molecule has 1 N–H and O–H groups in total. The predicted molar refractivity (Wildman–Crippen MR) is 107 cm³/mol. The Kier molecular flexibility index (Phi) is 6.44. The van der Waals surface area contributed by atoms with Gasteiger partial charge in [0.1, 0.15) is 13.2 Å². The molecule has 0 unspecified atom stereocenters. The van der Waals surface area contributed by atoms with Gasteiger partial charge in [-0.25, -0.2) is 0 Å². The van der Waals surface area contributed by atoms with E-state index in [9.17, 15) is 0 Å². The number of ether oxygens (including phenoxy) is 3. The second-order valence-corrected chi connectivity index (χ2v) is 7.47. The molecule has 1 aromatic rings. The second kappa shape index (κ2) is 8.80. The summed E-state index contributed by atoms with van der Waals surface area (Å²) in [5.74, 6) is 2.53. The standard InChI is InChI=1S/C20H32N4O3/c1-21-19(22-15-20(23(2)3)7-9-25-10-8-20)24(4)14-16-5-6-17-18(13-16)27-12-11-26-17/h5-6,13H,7-12,14-15H2,1-4H3,(H,21,22). The number of nitrogens with one attached hydrogen (secondary N) is 1. The average Bonchev–Trinajstić information content (AvgIpc) is 2.69. The first-order chi connectivity index (χ1) is 13.0. The van der Waals surface area contributed by atoms with Crippen LogP contribution in [0.1, 0.15) is 18.4 Å². The molecule has 1 aromatic carbocycles. The zero-order valence-corrected chi connectivity index (χ0v) is 17.0. The highest BCUT2D eigenvalue weighted by Gasteiger charge is 2.35. The van der Waals surface area contributed by atoms with Gasteiger partial charge in [0.15, 0.2) is 17.5 Å². The molecule has 7 nitrogen and oxygen atoms in total. The maximum absolute atomic E-state index is 5.69. The first-order valence-corrected chi connectivity index (χ1v) is 9.59. The summed E-state index contributed by atoms with van der Waals surface area (Å²) in [4.78, 5) is 8.92. The van der Waals surface area contributed by atoms with Gasteiger partial charge in [-0.1, -0.05) is 6.07 Å². The van der Waals surface area contributed by atoms with Crippen LogP contribution in [0.15, 0.2) is 23.2 Å². The van der Waals surface area contributed by atoms with E-state index in [1.54, 1.807) is 0 Å². The van der Waals surface area contributed by atoms with Crippen molar-refractivity contribution in [3.05, 3.63) is 23.8 Å². The topological polar surface area (TPSA) is 58.6 Å². The molecular formula is C20H32N4O3. The molecule has 0 aromatic heterocycles. The molecule has 27 heavy (non-hydrogen) atoms. The lowest BCUT2D eigenvalue weighted by Gasteiger charge is -2.43. The van der Waals surface area contributed by atoms with Crippen LogP contribution < -0.4 is 14.8 Å². The van der Waals surface area contributed by atoms with Gasteiger partial charge < -0.3 is 29.3 Å². The highest BCUT2D eigenvalue weighted by atomic mass is 16.6. The molecule has 7 heteroatoms. The van der Waals surface area contributed by atoms with Crippen LogP contribution in [0.2, 0.25) is 0 Å². The smallest absolute Gasteiger partial charge is 0.193 e. The van der Waals surface area contributed by atoms with E-state index in [1.165, 1.54) is 0 Å². The Morgan fingerprint density at radius 2 is 1.78 bits per heavy atom. The van der Waals surface area contributed by atoms with E-state index in [-0.39, 0.29) is 5.54 Å². The van der Waals surface area contributed by atoms with E-state index in [1.807, 2.05) is 13.1 Å². The number of rotatable bonds is 5. The number of hydrogen-bond donors (Lipinski definition) is 1. The molecule has 0 aliphatic carbocycles. The average molecular weight is 377 g/mol. The summed E-state index contributed by atoms with van der Waals surface area (Å²) in [5.41, 5.74) is 1.27. The number of hydrogen-bond acceptors (Lipinski definition) is 5. The number of fused-ring (bicyclic) bond motifs is 1. The zero-order chi connectivity index (χ0) is 19.3. The monoisotopic (exact) mass is 376 g/mol. The fourth-order valence-corrected chi connectivity index (χ4v) is 3.70. The lowest BCUT2D eigenvalue weighted by Crippen LogP contribution is -2.57. The van der Waals surface area contributed by atoms with Crippen molar-refractivity contribution in [2.24, 2.45) is 4.99 Å². The summed E-state index contributed by atoms with van der Waals surface area (Å²) >= 11 is 0. The van der Waals surface area contributed by atoms with Gasteiger partial charge >= 0.3 is 0 Å². The molecule has 2 aliphatic heterocycles. The first-order valence-electron chi connectivity index (χ1n) is 9.59. The minimum absolute atomic E-state index is 0.103. The second-order valence-electron chi connectivity index (χ2n) is 7.47. The highest BCUT2D eigenvalue weighted by molar-refractivity contribution is 5.79. The summed E-state index contributed by atoms with van der Waals surface area (Å²) in [6.07, 6.45) is 2.05. The molecular weight excluding hydrogens is 344 g/mol. The quantitative estimate of drug-likeness (QED) is 0.622. The van der Waals surface area contributed by atoms with Crippen LogP contribution in [0, 0.1) is 0 Å². The third-order valence-corrected chi connectivity index (χ3v) is 5.55. The molecule has 0 atom stereocenters. The van der Waals surface area contributed by atoms with Crippen LogP contribution in [-0.2, 0) is 11.3 Å². The molecule has 1 saturated heterocycles. The SMILES string of the molecule is CN=C(NCC1(N(C)C)CCOCC1)N(C)Cc1ccc2c(c1)OCCO2. The Hall–Kier alpha value is -1.99. The molecule has 150 valence electrons. The minimum Gasteiger partial charge on any atom is -0.486 e. The fraction of sp³-hybridized carbons (Fsp3) is 0.650. The number of benzene rings is 1. The van der Waals surface area contributed by atoms with Crippen molar-refractivity contribution < 1.29 is 14.2 Å². The van der Waals surface area contributed by atoms with Gasteiger partial charge in [-0.15, -0.1) is 0 Å². The van der Waals surface area contributed by atoms with Crippen molar-refractivity contribution in [1.29, 1.82) is 0 Å². The van der Waals surface area contributed by atoms with Gasteiger partial charge in [-0.3, -0.25) is 4.99 Å². The van der Waals surface area contributed by atoms with Crippen LogP contribution in [-0.4, -0.2) is 82.5 Å². The molecule has 0 saturated carbocycles. The van der Waals surface area contributed by atoms with Crippen molar-refractivity contribution in [3.8, 4) is 11.5 Å². The molecule has 0 spiro atoms. The lowest BCUT2D eigenvalue weighted by atomic mass is 9.88. The van der Waals surface area contributed by atoms with E-state index in [4.69, 9.17) is 14.2 Å². The molecule has 0 bridgehead atoms. The van der Waals surface area contributed by atoms with Crippen molar-refractivity contribution in [1.82, 2.24) is 15.1 Å². The fourth-order valence-electron chi connectivity index (χ4n) is 3.70. The largest absolute Gasteiger partial charge is 0.486 e. The van der Waals surface area contributed by atoms with E-state index in [0.29, 0.717) is 13.2 Å². The molecule has 2 heterocycles. The molecule has 1 fully saturated rings. The Morgan fingerprint density at radius 1 is 1.07 bits per heavy atom. The van der Waals surface area contributed by atoms with Crippen molar-refractivity contribution in [3.63, 3.8) is 0 Å². The number of likely N-dealkylation sites (N-methyl/N-ethyl adjacent to an activating group) is 1. The summed E-state index contributed by atoms with van der Waals surface area (Å²) < 4.78 is 16.9. The van der Waals surface area contributed by atoms with Crippen LogP contribution in [0.25, 0.3) is 0 Å². The molecule has 2 aliphatic rings. The highest BCUT2D eigenvalue weighted by Crippen LogP contribution is 2.31. The van der Waals surface area contributed by atoms with E-state index >= 15 is 0 Å². The summed E-state index contributed by atoms with van der Waals surface area (Å²) in [6, 6.07) is 6.12. The van der Waals surface area contributed by atoms with Crippen molar-refractivity contribution in [2.45, 2.75) is 24.9 Å². The van der Waals surface area contributed by atoms with Crippen LogP contribution in [0.5, 0.6) is 11.5 Å². The van der Waals surface area contributed by atoms with Gasteiger partial charge in [-0.05, 0) is 44.6 Å². The zero-order valence-electron chi connectivity index (χ0n) is 17.0. The Morgan fingerprint density at radius 3 is 2.44 bits per heavy atom. The van der Waals surface area contributed by atoms with E-state index in [2.05, 4.69) is 53.4 Å². The molecule has 3 rings (SSSR count). The predicted octanol–water partition coefficient (Wildman–Crippen LogP) is 1.58. The minimum atomic E-state index is 0.103. The summed E-state index contributed by atoms with van der Waals surface area (Å²) in [7, 11) is 8.18. The maximum Gasteiger partial charge on any atom is 0.193 e. The van der Waals surface area contributed by atoms with Crippen molar-refractivity contribution >= 4 is 5.96 Å².